The van der Waals surface area contributed by atoms with E-state index in [-0.39, 0.29) is 6.04 Å². The van der Waals surface area contributed by atoms with E-state index in [0.717, 1.165) is 37.7 Å². The minimum absolute atomic E-state index is 0.223. The van der Waals surface area contributed by atoms with Gasteiger partial charge in [0.15, 0.2) is 5.96 Å². The Morgan fingerprint density at radius 2 is 2.28 bits per heavy atom. The summed E-state index contributed by atoms with van der Waals surface area (Å²) in [7, 11) is 7.88. The Hall–Kier alpha value is -2.42. The average molecular weight is 345 g/mol. The molecule has 0 aromatic carbocycles. The smallest absolute Gasteiger partial charge is 0.191 e. The molecule has 0 bridgehead atoms. The SMILES string of the molecule is CN=C(NCC(c1cnn(C)c1)N(C)C)NC1CCc2ncnn2C1. The number of aromatic nitrogens is 5. The van der Waals surface area contributed by atoms with Crippen molar-refractivity contribution in [1.82, 2.24) is 40.1 Å². The zero-order chi connectivity index (χ0) is 17.8. The van der Waals surface area contributed by atoms with Crippen LogP contribution in [-0.4, -0.2) is 69.1 Å². The standard InChI is InChI=1S/C16H27N9/c1-17-16(22-13-5-6-15-19-11-21-25(15)10-13)18-8-14(23(2)3)12-7-20-24(4)9-12/h7,9,11,13-14H,5-6,8,10H2,1-4H3,(H2,17,18,22). The fourth-order valence-electron chi connectivity index (χ4n) is 3.15. The van der Waals surface area contributed by atoms with Crippen molar-refractivity contribution in [3.8, 4) is 0 Å². The maximum Gasteiger partial charge on any atom is 0.191 e. The Morgan fingerprint density at radius 3 is 2.96 bits per heavy atom. The molecule has 0 aliphatic carbocycles. The number of aryl methyl sites for hydroxylation is 2. The van der Waals surface area contributed by atoms with Crippen LogP contribution in [0.1, 0.15) is 23.9 Å². The third-order valence-corrected chi connectivity index (χ3v) is 4.57. The summed E-state index contributed by atoms with van der Waals surface area (Å²) in [6.07, 6.45) is 7.55. The van der Waals surface area contributed by atoms with Crippen molar-refractivity contribution in [2.45, 2.75) is 31.5 Å². The van der Waals surface area contributed by atoms with Crippen molar-refractivity contribution in [2.24, 2.45) is 12.0 Å². The van der Waals surface area contributed by atoms with Gasteiger partial charge in [0.1, 0.15) is 12.2 Å². The van der Waals surface area contributed by atoms with Crippen LogP contribution in [0.3, 0.4) is 0 Å². The summed E-state index contributed by atoms with van der Waals surface area (Å²) in [4.78, 5) is 10.8. The van der Waals surface area contributed by atoms with Crippen LogP contribution in [0.5, 0.6) is 0 Å². The number of nitrogens with one attached hydrogen (secondary N) is 2. The molecule has 0 saturated heterocycles. The zero-order valence-corrected chi connectivity index (χ0v) is 15.3. The van der Waals surface area contributed by atoms with Gasteiger partial charge in [-0.15, -0.1) is 0 Å². The number of rotatable bonds is 5. The van der Waals surface area contributed by atoms with E-state index >= 15 is 0 Å². The molecule has 0 radical (unpaired) electrons. The van der Waals surface area contributed by atoms with Gasteiger partial charge in [-0.25, -0.2) is 9.67 Å². The fraction of sp³-hybridized carbons (Fsp3) is 0.625. The van der Waals surface area contributed by atoms with E-state index in [1.165, 1.54) is 5.56 Å². The van der Waals surface area contributed by atoms with Crippen molar-refractivity contribution in [3.63, 3.8) is 0 Å². The Balaban J connectivity index is 1.57. The van der Waals surface area contributed by atoms with Crippen LogP contribution in [0.25, 0.3) is 0 Å². The quantitative estimate of drug-likeness (QED) is 0.576. The molecule has 9 nitrogen and oxygen atoms in total. The molecule has 0 spiro atoms. The molecular weight excluding hydrogens is 318 g/mol. The van der Waals surface area contributed by atoms with Gasteiger partial charge >= 0.3 is 0 Å². The Kier molecular flexibility index (Phi) is 5.32. The van der Waals surface area contributed by atoms with Gasteiger partial charge in [-0.05, 0) is 20.5 Å². The van der Waals surface area contributed by atoms with E-state index in [1.54, 1.807) is 13.4 Å². The first-order chi connectivity index (χ1) is 12.1. The van der Waals surface area contributed by atoms with Crippen LogP contribution in [0, 0.1) is 0 Å². The maximum absolute atomic E-state index is 4.37. The zero-order valence-electron chi connectivity index (χ0n) is 15.3. The second-order valence-electron chi connectivity index (χ2n) is 6.62. The summed E-state index contributed by atoms with van der Waals surface area (Å²) >= 11 is 0. The molecule has 0 amide bonds. The fourth-order valence-corrected chi connectivity index (χ4v) is 3.15. The lowest BCUT2D eigenvalue weighted by molar-refractivity contribution is 0.297. The molecule has 2 aromatic rings. The predicted molar refractivity (Wildman–Crippen MR) is 96.3 cm³/mol. The number of hydrogen-bond acceptors (Lipinski definition) is 5. The predicted octanol–water partition coefficient (Wildman–Crippen LogP) is -0.206. The summed E-state index contributed by atoms with van der Waals surface area (Å²) in [5.41, 5.74) is 1.18. The van der Waals surface area contributed by atoms with Crippen molar-refractivity contribution in [1.29, 1.82) is 0 Å². The molecule has 2 aromatic heterocycles. The average Bonchev–Trinajstić information content (AvgIpc) is 3.22. The Bertz CT molecular complexity index is 715. The molecule has 3 heterocycles. The molecule has 2 unspecified atom stereocenters. The Morgan fingerprint density at radius 1 is 1.44 bits per heavy atom. The topological polar surface area (TPSA) is 88.2 Å². The van der Waals surface area contributed by atoms with Crippen LogP contribution in [0.15, 0.2) is 23.7 Å². The number of fused-ring (bicyclic) bond motifs is 1. The first kappa shape index (κ1) is 17.4. The van der Waals surface area contributed by atoms with E-state index < -0.39 is 0 Å². The molecule has 2 N–H and O–H groups in total. The number of guanidine groups is 1. The third-order valence-electron chi connectivity index (χ3n) is 4.57. The highest BCUT2D eigenvalue weighted by molar-refractivity contribution is 5.80. The number of nitrogens with zero attached hydrogens (tertiary/aromatic N) is 7. The molecule has 25 heavy (non-hydrogen) atoms. The third kappa shape index (κ3) is 4.16. The van der Waals surface area contributed by atoms with E-state index in [4.69, 9.17) is 0 Å². The molecule has 0 fully saturated rings. The molecular formula is C16H27N9. The van der Waals surface area contributed by atoms with Crippen LogP contribution in [0.2, 0.25) is 0 Å². The minimum atomic E-state index is 0.223. The van der Waals surface area contributed by atoms with Crippen molar-refractivity contribution < 1.29 is 0 Å². The van der Waals surface area contributed by atoms with E-state index in [0.29, 0.717) is 6.04 Å². The summed E-state index contributed by atoms with van der Waals surface area (Å²) in [6.45, 7) is 1.56. The highest BCUT2D eigenvalue weighted by Gasteiger charge is 2.21. The Labute approximate surface area is 148 Å². The second-order valence-corrected chi connectivity index (χ2v) is 6.62. The summed E-state index contributed by atoms with van der Waals surface area (Å²) < 4.78 is 3.79. The monoisotopic (exact) mass is 345 g/mol. The van der Waals surface area contributed by atoms with Crippen LogP contribution >= 0.6 is 0 Å². The molecule has 0 saturated carbocycles. The van der Waals surface area contributed by atoms with Gasteiger partial charge in [0.2, 0.25) is 0 Å². The molecule has 2 atom stereocenters. The van der Waals surface area contributed by atoms with E-state index in [9.17, 15) is 0 Å². The summed E-state index contributed by atoms with van der Waals surface area (Å²) in [5, 5.41) is 15.5. The van der Waals surface area contributed by atoms with Crippen LogP contribution < -0.4 is 10.6 Å². The van der Waals surface area contributed by atoms with E-state index in [1.807, 2.05) is 22.6 Å². The highest BCUT2D eigenvalue weighted by Crippen LogP contribution is 2.16. The van der Waals surface area contributed by atoms with E-state index in [2.05, 4.69) is 56.0 Å². The minimum Gasteiger partial charge on any atom is -0.354 e. The van der Waals surface area contributed by atoms with Gasteiger partial charge in [-0.2, -0.15) is 10.2 Å². The second kappa shape index (κ2) is 7.64. The van der Waals surface area contributed by atoms with Gasteiger partial charge in [0, 0.05) is 44.9 Å². The number of hydrogen-bond donors (Lipinski definition) is 2. The first-order valence-electron chi connectivity index (χ1n) is 8.55. The molecule has 1 aliphatic rings. The number of likely N-dealkylation sites (N-methyl/N-ethyl adjacent to an activating group) is 1. The van der Waals surface area contributed by atoms with Gasteiger partial charge < -0.3 is 15.5 Å². The first-order valence-corrected chi connectivity index (χ1v) is 8.55. The molecule has 1 aliphatic heterocycles. The lowest BCUT2D eigenvalue weighted by Crippen LogP contribution is -2.48. The van der Waals surface area contributed by atoms with Gasteiger partial charge in [-0.1, -0.05) is 0 Å². The van der Waals surface area contributed by atoms with Gasteiger partial charge in [0.25, 0.3) is 0 Å². The lowest BCUT2D eigenvalue weighted by Gasteiger charge is -2.28. The highest BCUT2D eigenvalue weighted by atomic mass is 15.4. The maximum atomic E-state index is 4.37. The molecule has 9 heteroatoms. The lowest BCUT2D eigenvalue weighted by atomic mass is 10.1. The number of aliphatic imine (C=N–C) groups is 1. The van der Waals surface area contributed by atoms with Crippen LogP contribution in [0.4, 0.5) is 0 Å². The molecule has 136 valence electrons. The van der Waals surface area contributed by atoms with Crippen molar-refractivity contribution >= 4 is 5.96 Å². The van der Waals surface area contributed by atoms with Gasteiger partial charge in [-0.3, -0.25) is 9.67 Å². The largest absolute Gasteiger partial charge is 0.354 e. The van der Waals surface area contributed by atoms with Crippen molar-refractivity contribution in [3.05, 3.63) is 30.1 Å². The molecule has 3 rings (SSSR count). The summed E-state index contributed by atoms with van der Waals surface area (Å²) in [5.74, 6) is 1.87. The van der Waals surface area contributed by atoms with Crippen molar-refractivity contribution in [2.75, 3.05) is 27.7 Å². The van der Waals surface area contributed by atoms with Gasteiger partial charge in [0.05, 0.1) is 18.8 Å². The van der Waals surface area contributed by atoms with Crippen LogP contribution in [-0.2, 0) is 20.0 Å². The normalized spacial score (nSPS) is 18.9. The summed E-state index contributed by atoms with van der Waals surface area (Å²) in [6, 6.07) is 0.525.